The van der Waals surface area contributed by atoms with Crippen LogP contribution in [0.15, 0.2) is 54.0 Å². The molecule has 0 aliphatic carbocycles. The fraction of sp³-hybridized carbons (Fsp3) is 0.286. The highest BCUT2D eigenvalue weighted by atomic mass is 16.8. The number of phenolic OH excluding ortho intramolecular Hbond substituents is 3. The van der Waals surface area contributed by atoms with Crippen molar-refractivity contribution in [2.75, 3.05) is 6.61 Å². The number of aromatic hydroxyl groups is 3. The van der Waals surface area contributed by atoms with Crippen molar-refractivity contribution >= 4 is 5.97 Å². The van der Waals surface area contributed by atoms with E-state index in [2.05, 4.69) is 0 Å². The van der Waals surface area contributed by atoms with E-state index in [0.29, 0.717) is 6.42 Å². The molecule has 1 fully saturated rings. The third kappa shape index (κ3) is 3.49. The Morgan fingerprint density at radius 3 is 2.30 bits per heavy atom. The van der Waals surface area contributed by atoms with Gasteiger partial charge in [-0.25, -0.2) is 4.79 Å². The number of hydrogen-bond acceptors (Lipinski definition) is 9. The highest BCUT2D eigenvalue weighted by Crippen LogP contribution is 2.45. The first-order valence-electron chi connectivity index (χ1n) is 9.24. The highest BCUT2D eigenvalue weighted by Gasteiger charge is 2.51. The van der Waals surface area contributed by atoms with Crippen LogP contribution in [0.2, 0.25) is 0 Å². The van der Waals surface area contributed by atoms with Gasteiger partial charge < -0.3 is 39.7 Å². The number of hydrogen-bond donors (Lipinski definition) is 5. The standard InChI is InChI=1S/C21H20O9/c22-12-3-1-11(2-4-12)7-8-21(14-6-5-13(23)9-15(14)24)28-10-16(30-21)19-17(25)18(26)20(27)29-19/h1-6,9,16,19,22-26H,7-8,10H2. The van der Waals surface area contributed by atoms with Crippen molar-refractivity contribution in [1.29, 1.82) is 0 Å². The second-order valence-electron chi connectivity index (χ2n) is 7.15. The van der Waals surface area contributed by atoms with Crippen LogP contribution in [-0.4, -0.2) is 50.3 Å². The lowest BCUT2D eigenvalue weighted by molar-refractivity contribution is -0.193. The van der Waals surface area contributed by atoms with Gasteiger partial charge in [-0.2, -0.15) is 0 Å². The molecule has 3 atom stereocenters. The van der Waals surface area contributed by atoms with Gasteiger partial charge in [0.15, 0.2) is 17.7 Å². The Morgan fingerprint density at radius 2 is 1.67 bits per heavy atom. The number of cyclic esters (lactones) is 1. The van der Waals surface area contributed by atoms with Crippen molar-refractivity contribution in [2.45, 2.75) is 30.8 Å². The van der Waals surface area contributed by atoms with E-state index in [1.165, 1.54) is 12.1 Å². The van der Waals surface area contributed by atoms with Gasteiger partial charge in [0.2, 0.25) is 5.76 Å². The van der Waals surface area contributed by atoms with Crippen LogP contribution < -0.4 is 0 Å². The summed E-state index contributed by atoms with van der Waals surface area (Å²) in [4.78, 5) is 11.5. The van der Waals surface area contributed by atoms with Crippen molar-refractivity contribution in [3.63, 3.8) is 0 Å². The molecule has 3 unspecified atom stereocenters. The minimum Gasteiger partial charge on any atom is -0.508 e. The Hall–Kier alpha value is -3.43. The molecular formula is C21H20O9. The number of carbonyl (C=O) groups is 1. The van der Waals surface area contributed by atoms with Crippen LogP contribution in [0.3, 0.4) is 0 Å². The normalized spacial score (nSPS) is 26.2. The van der Waals surface area contributed by atoms with Gasteiger partial charge in [0, 0.05) is 12.5 Å². The van der Waals surface area contributed by atoms with E-state index in [4.69, 9.17) is 14.2 Å². The lowest BCUT2D eigenvalue weighted by Crippen LogP contribution is -2.34. The molecule has 2 aliphatic heterocycles. The summed E-state index contributed by atoms with van der Waals surface area (Å²) in [7, 11) is 0. The predicted molar refractivity (Wildman–Crippen MR) is 101 cm³/mol. The van der Waals surface area contributed by atoms with Crippen LogP contribution in [0, 0.1) is 0 Å². The maximum Gasteiger partial charge on any atom is 0.377 e. The Bertz CT molecular complexity index is 998. The third-order valence-electron chi connectivity index (χ3n) is 5.17. The second-order valence-corrected chi connectivity index (χ2v) is 7.15. The van der Waals surface area contributed by atoms with E-state index in [1.807, 2.05) is 0 Å². The first kappa shape index (κ1) is 19.9. The monoisotopic (exact) mass is 416 g/mol. The zero-order valence-corrected chi connectivity index (χ0v) is 15.7. The molecule has 9 nitrogen and oxygen atoms in total. The molecule has 2 aromatic carbocycles. The van der Waals surface area contributed by atoms with Gasteiger partial charge in [0.05, 0.1) is 12.2 Å². The second kappa shape index (κ2) is 7.43. The fourth-order valence-electron chi connectivity index (χ4n) is 3.62. The largest absolute Gasteiger partial charge is 0.508 e. The van der Waals surface area contributed by atoms with Crippen LogP contribution >= 0.6 is 0 Å². The fourth-order valence-corrected chi connectivity index (χ4v) is 3.62. The number of aliphatic hydroxyl groups is 2. The minimum absolute atomic E-state index is 0.0921. The minimum atomic E-state index is -1.47. The summed E-state index contributed by atoms with van der Waals surface area (Å²) < 4.78 is 16.9. The van der Waals surface area contributed by atoms with Crippen LogP contribution in [0.5, 0.6) is 17.2 Å². The number of aliphatic hydroxyl groups excluding tert-OH is 2. The average molecular weight is 416 g/mol. The molecule has 0 radical (unpaired) electrons. The topological polar surface area (TPSA) is 146 Å². The molecule has 4 rings (SSSR count). The molecule has 9 heteroatoms. The molecule has 1 saturated heterocycles. The van der Waals surface area contributed by atoms with Crippen LogP contribution in [-0.2, 0) is 31.2 Å². The lowest BCUT2D eigenvalue weighted by Gasteiger charge is -2.30. The van der Waals surface area contributed by atoms with Gasteiger partial charge in [0.25, 0.3) is 0 Å². The van der Waals surface area contributed by atoms with Gasteiger partial charge >= 0.3 is 5.97 Å². The molecule has 0 saturated carbocycles. The SMILES string of the molecule is O=C1OC(C2COC(CCc3ccc(O)cc3)(c3ccc(O)cc3O)O2)C(O)=C1O. The number of carbonyl (C=O) groups excluding carboxylic acids is 1. The number of rotatable bonds is 5. The number of benzene rings is 2. The number of ether oxygens (including phenoxy) is 3. The summed E-state index contributed by atoms with van der Waals surface area (Å²) in [6, 6.07) is 10.5. The molecule has 2 aliphatic rings. The predicted octanol–water partition coefficient (Wildman–Crippen LogP) is 2.26. The first-order valence-corrected chi connectivity index (χ1v) is 9.24. The van der Waals surface area contributed by atoms with Crippen molar-refractivity contribution in [1.82, 2.24) is 0 Å². The average Bonchev–Trinajstić information content (AvgIpc) is 3.25. The van der Waals surface area contributed by atoms with E-state index >= 15 is 0 Å². The summed E-state index contributed by atoms with van der Waals surface area (Å²) in [5.41, 5.74) is 1.12. The van der Waals surface area contributed by atoms with Crippen molar-refractivity contribution in [2.24, 2.45) is 0 Å². The quantitative estimate of drug-likeness (QED) is 0.463. The molecule has 2 aromatic rings. The van der Waals surface area contributed by atoms with Gasteiger partial charge in [-0.05, 0) is 36.2 Å². The Labute approximate surface area is 171 Å². The molecule has 0 spiro atoms. The molecule has 0 amide bonds. The maximum atomic E-state index is 11.5. The molecular weight excluding hydrogens is 396 g/mol. The van der Waals surface area contributed by atoms with E-state index in [-0.39, 0.29) is 35.8 Å². The molecule has 158 valence electrons. The van der Waals surface area contributed by atoms with Crippen molar-refractivity contribution < 1.29 is 44.5 Å². The molecule has 5 N–H and O–H groups in total. The summed E-state index contributed by atoms with van der Waals surface area (Å²) in [6.07, 6.45) is -1.52. The van der Waals surface area contributed by atoms with E-state index < -0.39 is 35.5 Å². The maximum absolute atomic E-state index is 11.5. The van der Waals surface area contributed by atoms with Crippen molar-refractivity contribution in [3.8, 4) is 17.2 Å². The number of aryl methyl sites for hydroxylation is 1. The number of phenols is 3. The van der Waals surface area contributed by atoms with E-state index in [1.54, 1.807) is 24.3 Å². The van der Waals surface area contributed by atoms with Gasteiger partial charge in [0.1, 0.15) is 23.4 Å². The van der Waals surface area contributed by atoms with Crippen molar-refractivity contribution in [3.05, 3.63) is 65.1 Å². The highest BCUT2D eigenvalue weighted by molar-refractivity contribution is 5.89. The molecule has 2 heterocycles. The van der Waals surface area contributed by atoms with Gasteiger partial charge in [-0.1, -0.05) is 12.1 Å². The Kier molecular flexibility index (Phi) is 4.92. The summed E-state index contributed by atoms with van der Waals surface area (Å²) in [5, 5.41) is 49.0. The van der Waals surface area contributed by atoms with E-state index in [9.17, 15) is 30.3 Å². The molecule has 30 heavy (non-hydrogen) atoms. The zero-order valence-electron chi connectivity index (χ0n) is 15.7. The van der Waals surface area contributed by atoms with Gasteiger partial charge in [-0.3, -0.25) is 0 Å². The van der Waals surface area contributed by atoms with Gasteiger partial charge in [-0.15, -0.1) is 0 Å². The molecule has 0 aromatic heterocycles. The van der Waals surface area contributed by atoms with Crippen LogP contribution in [0.1, 0.15) is 17.5 Å². The zero-order chi connectivity index (χ0) is 21.5. The smallest absolute Gasteiger partial charge is 0.377 e. The summed E-state index contributed by atoms with van der Waals surface area (Å²) in [6.45, 7) is -0.0921. The Balaban J connectivity index is 1.63. The first-order chi connectivity index (χ1) is 14.3. The third-order valence-corrected chi connectivity index (χ3v) is 5.17. The summed E-state index contributed by atoms with van der Waals surface area (Å²) in [5.74, 6) is -4.32. The Morgan fingerprint density at radius 1 is 0.967 bits per heavy atom. The molecule has 0 bridgehead atoms. The van der Waals surface area contributed by atoms with Crippen LogP contribution in [0.25, 0.3) is 0 Å². The lowest BCUT2D eigenvalue weighted by atomic mass is 9.96. The van der Waals surface area contributed by atoms with Crippen LogP contribution in [0.4, 0.5) is 0 Å². The number of esters is 1. The summed E-state index contributed by atoms with van der Waals surface area (Å²) >= 11 is 0. The van der Waals surface area contributed by atoms with E-state index in [0.717, 1.165) is 11.6 Å².